The zero-order chi connectivity index (χ0) is 30.8. The number of halogens is 6. The molecule has 0 radical (unpaired) electrons. The third-order valence-electron chi connectivity index (χ3n) is 5.70. The quantitative estimate of drug-likeness (QED) is 0.272. The van der Waals surface area contributed by atoms with E-state index in [1.807, 2.05) is 6.07 Å². The van der Waals surface area contributed by atoms with Gasteiger partial charge < -0.3 is 10.6 Å². The Hall–Kier alpha value is -4.79. The minimum atomic E-state index is -5.97. The van der Waals surface area contributed by atoms with Crippen LogP contribution in [0.25, 0.3) is 5.82 Å². The first-order valence-corrected chi connectivity index (χ1v) is 12.6. The van der Waals surface area contributed by atoms with E-state index in [0.717, 1.165) is 10.7 Å². The smallest absolute Gasteiger partial charge is 0.352 e. The summed E-state index contributed by atoms with van der Waals surface area (Å²) in [6.07, 6.45) is -4.59. The van der Waals surface area contributed by atoms with Gasteiger partial charge in [0.15, 0.2) is 5.82 Å². The fraction of sp³-hybridized carbons (Fsp3) is 0.250. The molecule has 3 heterocycles. The Labute approximate surface area is 241 Å². The molecule has 0 saturated carbocycles. The van der Waals surface area contributed by atoms with E-state index in [-0.39, 0.29) is 45.2 Å². The lowest BCUT2D eigenvalue weighted by Crippen LogP contribution is -2.36. The van der Waals surface area contributed by atoms with Gasteiger partial charge in [-0.25, -0.2) is 14.3 Å². The van der Waals surface area contributed by atoms with Gasteiger partial charge in [-0.3, -0.25) is 9.59 Å². The maximum Gasteiger partial charge on any atom is 0.461 e. The van der Waals surface area contributed by atoms with Crippen molar-refractivity contribution in [2.75, 3.05) is 11.9 Å². The molecular formula is C24H18BrF5N10O2. The Morgan fingerprint density at radius 1 is 1.14 bits per heavy atom. The molecule has 0 aliphatic heterocycles. The predicted molar refractivity (Wildman–Crippen MR) is 138 cm³/mol. The van der Waals surface area contributed by atoms with Gasteiger partial charge in [0.1, 0.15) is 5.69 Å². The van der Waals surface area contributed by atoms with Crippen molar-refractivity contribution in [1.82, 2.24) is 40.3 Å². The van der Waals surface area contributed by atoms with E-state index in [1.54, 1.807) is 26.0 Å². The van der Waals surface area contributed by atoms with Crippen LogP contribution in [0.4, 0.5) is 27.6 Å². The van der Waals surface area contributed by atoms with Crippen LogP contribution in [0.2, 0.25) is 0 Å². The van der Waals surface area contributed by atoms with Gasteiger partial charge in [-0.2, -0.15) is 32.3 Å². The van der Waals surface area contributed by atoms with Gasteiger partial charge in [0.05, 0.1) is 39.6 Å². The zero-order valence-corrected chi connectivity index (χ0v) is 23.1. The van der Waals surface area contributed by atoms with E-state index in [4.69, 9.17) is 0 Å². The van der Waals surface area contributed by atoms with Crippen molar-refractivity contribution in [1.29, 1.82) is 5.26 Å². The molecule has 0 saturated heterocycles. The second-order valence-electron chi connectivity index (χ2n) is 8.61. The van der Waals surface area contributed by atoms with Crippen LogP contribution in [0.1, 0.15) is 50.4 Å². The molecule has 2 amide bonds. The zero-order valence-electron chi connectivity index (χ0n) is 21.5. The number of benzene rings is 1. The Morgan fingerprint density at radius 2 is 1.88 bits per heavy atom. The van der Waals surface area contributed by atoms with Crippen molar-refractivity contribution in [3.8, 4) is 11.9 Å². The number of amides is 2. The average molecular weight is 653 g/mol. The summed E-state index contributed by atoms with van der Waals surface area (Å²) in [6.45, 7) is 2.74. The summed E-state index contributed by atoms with van der Waals surface area (Å²) < 4.78 is 68.6. The highest BCUT2D eigenvalue weighted by molar-refractivity contribution is 9.10. The molecule has 2 N–H and O–H groups in total. The van der Waals surface area contributed by atoms with Crippen LogP contribution >= 0.6 is 15.9 Å². The number of nitrogens with one attached hydrogen (secondary N) is 2. The number of carbonyl (C=O) groups is 2. The number of carbonyl (C=O) groups excluding carboxylic acids is 2. The molecule has 218 valence electrons. The fourth-order valence-corrected chi connectivity index (χ4v) is 4.23. The highest BCUT2D eigenvalue weighted by Gasteiger charge is 2.62. The number of pyridine rings is 1. The predicted octanol–water partition coefficient (Wildman–Crippen LogP) is 3.90. The molecule has 0 atom stereocenters. The summed E-state index contributed by atoms with van der Waals surface area (Å²) in [6, 6.07) is 8.96. The fourth-order valence-electron chi connectivity index (χ4n) is 3.81. The van der Waals surface area contributed by atoms with E-state index in [2.05, 4.69) is 52.2 Å². The number of nitriles is 1. The van der Waals surface area contributed by atoms with Crippen LogP contribution in [0, 0.1) is 18.3 Å². The van der Waals surface area contributed by atoms with Gasteiger partial charge in [-0.15, -0.1) is 5.10 Å². The van der Waals surface area contributed by atoms with E-state index in [0.29, 0.717) is 10.0 Å². The van der Waals surface area contributed by atoms with Gasteiger partial charge >= 0.3 is 12.1 Å². The maximum atomic E-state index is 14.0. The van der Waals surface area contributed by atoms with Crippen molar-refractivity contribution in [2.45, 2.75) is 32.5 Å². The second-order valence-corrected chi connectivity index (χ2v) is 9.47. The summed E-state index contributed by atoms with van der Waals surface area (Å²) >= 11 is 3.29. The van der Waals surface area contributed by atoms with Crippen LogP contribution in [0.5, 0.6) is 0 Å². The lowest BCUT2D eigenvalue weighted by molar-refractivity contribution is -0.293. The third kappa shape index (κ3) is 5.81. The number of rotatable bonds is 8. The topological polar surface area (TPSA) is 156 Å². The first kappa shape index (κ1) is 30.2. The van der Waals surface area contributed by atoms with Gasteiger partial charge in [-0.1, -0.05) is 0 Å². The first-order chi connectivity index (χ1) is 19.8. The lowest BCUT2D eigenvalue weighted by atomic mass is 10.0. The Morgan fingerprint density at radius 3 is 2.52 bits per heavy atom. The molecule has 0 fully saturated rings. The summed E-state index contributed by atoms with van der Waals surface area (Å²) in [5.74, 6) is -8.47. The molecule has 0 unspecified atom stereocenters. The molecule has 18 heteroatoms. The number of hydrogen-bond acceptors (Lipinski definition) is 8. The minimum Gasteiger partial charge on any atom is -0.352 e. The van der Waals surface area contributed by atoms with E-state index in [9.17, 15) is 36.8 Å². The van der Waals surface area contributed by atoms with Gasteiger partial charge in [0.2, 0.25) is 5.82 Å². The normalized spacial score (nSPS) is 11.7. The average Bonchev–Trinajstić information content (AvgIpc) is 3.57. The molecular weight excluding hydrogens is 635 g/mol. The number of nitrogens with zero attached hydrogens (tertiary/aromatic N) is 8. The highest BCUT2D eigenvalue weighted by Crippen LogP contribution is 2.42. The number of aryl methyl sites for hydroxylation is 1. The van der Waals surface area contributed by atoms with Gasteiger partial charge in [0, 0.05) is 12.7 Å². The molecule has 42 heavy (non-hydrogen) atoms. The minimum absolute atomic E-state index is 0.000214. The van der Waals surface area contributed by atoms with Crippen molar-refractivity contribution in [3.63, 3.8) is 0 Å². The summed E-state index contributed by atoms with van der Waals surface area (Å²) in [4.78, 5) is 30.5. The first-order valence-electron chi connectivity index (χ1n) is 11.8. The Balaban J connectivity index is 1.79. The molecule has 3 aromatic heterocycles. The Kier molecular flexibility index (Phi) is 8.33. The van der Waals surface area contributed by atoms with E-state index < -0.39 is 36.3 Å². The molecule has 0 aliphatic carbocycles. The second kappa shape index (κ2) is 11.6. The number of tetrazole rings is 1. The highest BCUT2D eigenvalue weighted by atomic mass is 79.9. The number of anilines is 1. The van der Waals surface area contributed by atoms with E-state index >= 15 is 0 Å². The van der Waals surface area contributed by atoms with Crippen LogP contribution < -0.4 is 10.6 Å². The van der Waals surface area contributed by atoms with Crippen molar-refractivity contribution in [3.05, 3.63) is 74.9 Å². The van der Waals surface area contributed by atoms with Crippen LogP contribution in [-0.4, -0.2) is 59.5 Å². The number of alkyl halides is 5. The van der Waals surface area contributed by atoms with Gasteiger partial charge in [-0.05, 0) is 76.1 Å². The summed E-state index contributed by atoms with van der Waals surface area (Å²) in [5.41, 5.74) is 0.217. The monoisotopic (exact) mass is 652 g/mol. The van der Waals surface area contributed by atoms with Crippen LogP contribution in [0.3, 0.4) is 0 Å². The largest absolute Gasteiger partial charge is 0.461 e. The number of hydrogen-bond donors (Lipinski definition) is 2. The van der Waals surface area contributed by atoms with Crippen LogP contribution in [0.15, 0.2) is 41.0 Å². The molecule has 0 aliphatic rings. The number of aromatic nitrogens is 7. The summed E-state index contributed by atoms with van der Waals surface area (Å²) in [7, 11) is 0. The molecule has 4 rings (SSSR count). The van der Waals surface area contributed by atoms with Gasteiger partial charge in [0.25, 0.3) is 11.8 Å². The van der Waals surface area contributed by atoms with Crippen molar-refractivity contribution >= 4 is 33.4 Å². The SMILES string of the molecule is CCNC(=O)c1cc(C#N)cc(C)c1NC(=O)c1cc(Cn2nnnc2C(F)(F)C(F)(F)F)nn1-c1ncccc1Br. The standard InChI is InChI=1S/C24H18BrF5N10O2/c1-3-32-20(41)15-8-13(10-31)7-12(2)18(15)34-21(42)17-9-14(36-40(17)19-16(25)5-4-6-33-19)11-39-22(35-37-38-39)23(26,27)24(28,29)30/h4-9H,3,11H2,1-2H3,(H,32,41)(H,34,42). The molecule has 12 nitrogen and oxygen atoms in total. The Bertz CT molecular complexity index is 1710. The lowest BCUT2D eigenvalue weighted by Gasteiger charge is -2.18. The summed E-state index contributed by atoms with van der Waals surface area (Å²) in [5, 5.41) is 27.8. The molecule has 4 aromatic rings. The third-order valence-corrected chi connectivity index (χ3v) is 6.32. The molecule has 0 bridgehead atoms. The van der Waals surface area contributed by atoms with Crippen molar-refractivity contribution < 1.29 is 31.5 Å². The maximum absolute atomic E-state index is 14.0. The van der Waals surface area contributed by atoms with Crippen LogP contribution in [-0.2, 0) is 12.5 Å². The van der Waals surface area contributed by atoms with E-state index in [1.165, 1.54) is 18.3 Å². The van der Waals surface area contributed by atoms with Crippen molar-refractivity contribution in [2.24, 2.45) is 0 Å². The molecule has 0 spiro atoms. The molecule has 1 aromatic carbocycles.